The number of hydrogen-bond donors (Lipinski definition) is 1. The van der Waals surface area contributed by atoms with Gasteiger partial charge < -0.3 is 0 Å². The predicted molar refractivity (Wildman–Crippen MR) is 90.0 cm³/mol. The minimum atomic E-state index is -0.433. The van der Waals surface area contributed by atoms with Gasteiger partial charge in [-0.25, -0.2) is 8.78 Å². The quantitative estimate of drug-likeness (QED) is 0.535. The zero-order chi connectivity index (χ0) is 16.0. The van der Waals surface area contributed by atoms with Crippen molar-refractivity contribution in [1.82, 2.24) is 0 Å². The molecule has 2 atom stereocenters. The Bertz CT molecular complexity index is 459. The first-order valence-corrected chi connectivity index (χ1v) is 8.77. The number of hydrogen-bond acceptors (Lipinski definition) is 1. The Balaban J connectivity index is 0.000000510. The van der Waals surface area contributed by atoms with Gasteiger partial charge in [0.15, 0.2) is 0 Å². The van der Waals surface area contributed by atoms with Crippen LogP contribution in [-0.2, 0) is 11.2 Å². The van der Waals surface area contributed by atoms with Crippen LogP contribution in [0.2, 0.25) is 0 Å². The maximum absolute atomic E-state index is 14.1. The fraction of sp³-hybridized carbons (Fsp3) is 0.667. The van der Waals surface area contributed by atoms with Crippen LogP contribution >= 0.6 is 12.6 Å². The Kier molecular flexibility index (Phi) is 7.19. The fourth-order valence-electron chi connectivity index (χ4n) is 3.57. The third-order valence-corrected chi connectivity index (χ3v) is 5.23. The van der Waals surface area contributed by atoms with Crippen molar-refractivity contribution in [2.24, 2.45) is 5.92 Å². The second-order valence-electron chi connectivity index (χ2n) is 5.29. The standard InChI is InChI=1S/C14H16F2S.2C2H6/c15-11-6-7-12(16)13-10(11)5-4-9-3-1-2-8-14(9,13)17;2*1-2/h6-7,9,17H,1-5,8H2;2*1-2H3/t9?,14-;;/m0../s1. The van der Waals surface area contributed by atoms with E-state index in [1.54, 1.807) is 0 Å². The van der Waals surface area contributed by atoms with Gasteiger partial charge in [0.2, 0.25) is 0 Å². The number of halogens is 2. The van der Waals surface area contributed by atoms with Gasteiger partial charge in [-0.2, -0.15) is 12.6 Å². The molecule has 1 fully saturated rings. The lowest BCUT2D eigenvalue weighted by atomic mass is 9.67. The molecule has 0 aliphatic heterocycles. The van der Waals surface area contributed by atoms with Gasteiger partial charge >= 0.3 is 0 Å². The normalized spacial score (nSPS) is 26.3. The molecule has 0 radical (unpaired) electrons. The molecule has 0 spiro atoms. The summed E-state index contributed by atoms with van der Waals surface area (Å²) in [5, 5.41) is 0. The molecule has 21 heavy (non-hydrogen) atoms. The van der Waals surface area contributed by atoms with Crippen molar-refractivity contribution in [3.05, 3.63) is 34.9 Å². The van der Waals surface area contributed by atoms with Gasteiger partial charge in [-0.15, -0.1) is 0 Å². The van der Waals surface area contributed by atoms with E-state index in [1.807, 2.05) is 27.7 Å². The summed E-state index contributed by atoms with van der Waals surface area (Å²) in [6.45, 7) is 8.00. The van der Waals surface area contributed by atoms with E-state index in [2.05, 4.69) is 0 Å². The van der Waals surface area contributed by atoms with Crippen LogP contribution in [0.4, 0.5) is 8.78 Å². The van der Waals surface area contributed by atoms with Crippen LogP contribution < -0.4 is 0 Å². The highest BCUT2D eigenvalue weighted by Crippen LogP contribution is 2.53. The van der Waals surface area contributed by atoms with Gasteiger partial charge in [-0.3, -0.25) is 0 Å². The van der Waals surface area contributed by atoms with Crippen LogP contribution in [0.15, 0.2) is 12.1 Å². The van der Waals surface area contributed by atoms with Crippen molar-refractivity contribution in [3.63, 3.8) is 0 Å². The number of rotatable bonds is 0. The van der Waals surface area contributed by atoms with E-state index in [-0.39, 0.29) is 11.6 Å². The van der Waals surface area contributed by atoms with E-state index >= 15 is 0 Å². The lowest BCUT2D eigenvalue weighted by molar-refractivity contribution is 0.238. The van der Waals surface area contributed by atoms with E-state index < -0.39 is 4.75 Å². The Labute approximate surface area is 133 Å². The number of fused-ring (bicyclic) bond motifs is 3. The summed E-state index contributed by atoms with van der Waals surface area (Å²) in [6.07, 6.45) is 5.82. The molecule has 1 aromatic carbocycles. The first-order chi connectivity index (χ1) is 10.1. The van der Waals surface area contributed by atoms with E-state index in [4.69, 9.17) is 12.6 Å². The van der Waals surface area contributed by atoms with Crippen molar-refractivity contribution < 1.29 is 8.78 Å². The third-order valence-electron chi connectivity index (χ3n) is 4.42. The number of thiol groups is 1. The first kappa shape index (κ1) is 18.5. The smallest absolute Gasteiger partial charge is 0.128 e. The maximum Gasteiger partial charge on any atom is 0.128 e. The van der Waals surface area contributed by atoms with Crippen molar-refractivity contribution >= 4 is 12.6 Å². The highest BCUT2D eigenvalue weighted by atomic mass is 32.1. The summed E-state index contributed by atoms with van der Waals surface area (Å²) < 4.78 is 27.4. The van der Waals surface area contributed by atoms with Crippen LogP contribution in [-0.4, -0.2) is 0 Å². The molecule has 2 aliphatic carbocycles. The summed E-state index contributed by atoms with van der Waals surface area (Å²) in [5.41, 5.74) is 1.12. The van der Waals surface area contributed by atoms with Gasteiger partial charge in [0.1, 0.15) is 11.6 Å². The monoisotopic (exact) mass is 314 g/mol. The van der Waals surface area contributed by atoms with Crippen molar-refractivity contribution in [2.75, 3.05) is 0 Å². The summed E-state index contributed by atoms with van der Waals surface area (Å²) in [5.74, 6) is -0.134. The Morgan fingerprint density at radius 3 is 2.29 bits per heavy atom. The predicted octanol–water partition coefficient (Wildman–Crippen LogP) is 6.28. The molecular formula is C18H28F2S. The average molecular weight is 314 g/mol. The largest absolute Gasteiger partial charge is 0.207 e. The zero-order valence-corrected chi connectivity index (χ0v) is 14.6. The molecule has 3 heteroatoms. The molecule has 0 heterocycles. The van der Waals surface area contributed by atoms with Crippen LogP contribution in [0.5, 0.6) is 0 Å². The van der Waals surface area contributed by atoms with Crippen LogP contribution in [0.1, 0.15) is 70.9 Å². The van der Waals surface area contributed by atoms with Gasteiger partial charge in [-0.1, -0.05) is 40.5 Å². The molecule has 0 saturated heterocycles. The molecule has 0 aromatic heterocycles. The van der Waals surface area contributed by atoms with Crippen molar-refractivity contribution in [1.29, 1.82) is 0 Å². The molecule has 0 amide bonds. The van der Waals surface area contributed by atoms with E-state index in [0.717, 1.165) is 25.7 Å². The van der Waals surface area contributed by atoms with Gasteiger partial charge in [0, 0.05) is 10.3 Å². The minimum Gasteiger partial charge on any atom is -0.207 e. The first-order valence-electron chi connectivity index (χ1n) is 8.32. The summed E-state index contributed by atoms with van der Waals surface area (Å²) in [4.78, 5) is 0. The Morgan fingerprint density at radius 1 is 1.00 bits per heavy atom. The molecule has 0 bridgehead atoms. The topological polar surface area (TPSA) is 0 Å². The van der Waals surface area contributed by atoms with Gasteiger partial charge in [0.25, 0.3) is 0 Å². The number of benzene rings is 1. The molecule has 0 nitrogen and oxygen atoms in total. The second-order valence-corrected chi connectivity index (χ2v) is 6.09. The molecule has 1 saturated carbocycles. The second kappa shape index (κ2) is 8.17. The lowest BCUT2D eigenvalue weighted by Crippen LogP contribution is -2.38. The molecule has 1 aromatic rings. The summed E-state index contributed by atoms with van der Waals surface area (Å²) in [7, 11) is 0. The van der Waals surface area contributed by atoms with Crippen molar-refractivity contribution in [3.8, 4) is 0 Å². The van der Waals surface area contributed by atoms with Gasteiger partial charge in [0.05, 0.1) is 0 Å². The van der Waals surface area contributed by atoms with E-state index in [1.165, 1.54) is 18.6 Å². The highest BCUT2D eigenvalue weighted by molar-refractivity contribution is 7.81. The minimum absolute atomic E-state index is 0.265. The summed E-state index contributed by atoms with van der Waals surface area (Å²) >= 11 is 4.77. The molecule has 3 rings (SSSR count). The molecule has 2 aliphatic rings. The Morgan fingerprint density at radius 2 is 1.62 bits per heavy atom. The molecule has 120 valence electrons. The average Bonchev–Trinajstić information content (AvgIpc) is 2.53. The summed E-state index contributed by atoms with van der Waals surface area (Å²) in [6, 6.07) is 2.50. The van der Waals surface area contributed by atoms with Crippen LogP contribution in [0.25, 0.3) is 0 Å². The highest BCUT2D eigenvalue weighted by Gasteiger charge is 2.45. The Hall–Kier alpha value is -0.570. The fourth-order valence-corrected chi connectivity index (χ4v) is 4.22. The van der Waals surface area contributed by atoms with E-state index in [9.17, 15) is 8.78 Å². The molecule has 0 N–H and O–H groups in total. The molecule has 1 unspecified atom stereocenters. The van der Waals surface area contributed by atoms with Gasteiger partial charge in [-0.05, 0) is 49.3 Å². The van der Waals surface area contributed by atoms with Crippen LogP contribution in [0.3, 0.4) is 0 Å². The molecular weight excluding hydrogens is 286 g/mol. The zero-order valence-electron chi connectivity index (χ0n) is 13.7. The van der Waals surface area contributed by atoms with Crippen LogP contribution in [0, 0.1) is 17.6 Å². The third kappa shape index (κ3) is 3.44. The SMILES string of the molecule is CC.CC.Fc1ccc(F)c2c1CCC1CCCC[C@@]21S. The van der Waals surface area contributed by atoms with E-state index in [0.29, 0.717) is 23.5 Å². The van der Waals surface area contributed by atoms with Crippen molar-refractivity contribution in [2.45, 2.75) is 71.0 Å². The maximum atomic E-state index is 14.1. The lowest BCUT2D eigenvalue weighted by Gasteiger charge is -2.45.